The number of phenolic OH excluding ortho intramolecular Hbond substituents is 1. The van der Waals surface area contributed by atoms with Crippen LogP contribution in [0.5, 0.6) is 5.75 Å². The fraction of sp³-hybridized carbons (Fsp3) is 0.391. The maximum absolute atomic E-state index is 14.6. The van der Waals surface area contributed by atoms with E-state index in [9.17, 15) is 27.5 Å². The average Bonchev–Trinajstić information content (AvgIpc) is 3.35. The summed E-state index contributed by atoms with van der Waals surface area (Å²) in [6, 6.07) is 6.73. The lowest BCUT2D eigenvalue weighted by Gasteiger charge is -2.21. The number of rotatable bonds is 4. The number of hydrogen-bond acceptors (Lipinski definition) is 4. The number of aromatic hydroxyl groups is 1. The molecule has 1 saturated carbocycles. The van der Waals surface area contributed by atoms with Gasteiger partial charge in [0.25, 0.3) is 5.91 Å². The predicted molar refractivity (Wildman–Crippen MR) is 109 cm³/mol. The van der Waals surface area contributed by atoms with Crippen molar-refractivity contribution in [1.82, 2.24) is 10.3 Å². The van der Waals surface area contributed by atoms with Crippen molar-refractivity contribution in [3.05, 3.63) is 58.7 Å². The second-order valence-electron chi connectivity index (χ2n) is 9.21. The number of fused-ring (bicyclic) bond motifs is 1. The molecule has 2 aromatic carbocycles. The minimum absolute atomic E-state index is 0.0197. The number of nitrogens with one attached hydrogen (secondary N) is 1. The molecule has 9 heteroatoms. The number of nitrogens with zero attached hydrogens (tertiary/aromatic N) is 1. The van der Waals surface area contributed by atoms with Crippen molar-refractivity contribution < 1.29 is 31.9 Å². The minimum Gasteiger partial charge on any atom is -0.508 e. The van der Waals surface area contributed by atoms with E-state index in [1.165, 1.54) is 30.3 Å². The quantitative estimate of drug-likeness (QED) is 0.523. The second-order valence-corrected chi connectivity index (χ2v) is 9.21. The van der Waals surface area contributed by atoms with E-state index < -0.39 is 28.9 Å². The Morgan fingerprint density at radius 1 is 1.19 bits per heavy atom. The average molecular weight is 450 g/mol. The van der Waals surface area contributed by atoms with Gasteiger partial charge in [-0.15, -0.1) is 0 Å². The smallest absolute Gasteiger partial charge is 0.411 e. The summed E-state index contributed by atoms with van der Waals surface area (Å²) in [6.45, 7) is 5.57. The molecule has 0 atom stereocenters. The number of alkyl halides is 3. The zero-order valence-electron chi connectivity index (χ0n) is 17.7. The van der Waals surface area contributed by atoms with Gasteiger partial charge < -0.3 is 14.8 Å². The van der Waals surface area contributed by atoms with Crippen molar-refractivity contribution in [1.29, 1.82) is 0 Å². The molecule has 4 rings (SSSR count). The van der Waals surface area contributed by atoms with Crippen molar-refractivity contribution in [3.63, 3.8) is 0 Å². The first-order valence-corrected chi connectivity index (χ1v) is 10.1. The van der Waals surface area contributed by atoms with Crippen LogP contribution < -0.4 is 5.32 Å². The van der Waals surface area contributed by atoms with Gasteiger partial charge in [0, 0.05) is 16.7 Å². The van der Waals surface area contributed by atoms with Crippen LogP contribution in [0.3, 0.4) is 0 Å². The summed E-state index contributed by atoms with van der Waals surface area (Å²) >= 11 is 0. The summed E-state index contributed by atoms with van der Waals surface area (Å²) in [7, 11) is 0. The molecular formula is C23H22F4N2O3. The number of phenols is 1. The van der Waals surface area contributed by atoms with E-state index in [4.69, 9.17) is 4.42 Å². The standard InChI is InChI=1S/C23H22F4N2O3/c1-21(2,3)14-11-15(24)13(9-17(14)30)10-19-28-16-8-12(4-5-18(16)32-19)20(31)29-22(6-7-22)23(25,26)27/h4-5,8-9,11,30H,6-7,10H2,1-3H3,(H,29,31). The lowest BCUT2D eigenvalue weighted by molar-refractivity contribution is -0.163. The van der Waals surface area contributed by atoms with Gasteiger partial charge in [-0.1, -0.05) is 20.8 Å². The summed E-state index contributed by atoms with van der Waals surface area (Å²) in [5, 5.41) is 12.3. The van der Waals surface area contributed by atoms with Crippen LogP contribution in [0.4, 0.5) is 17.6 Å². The van der Waals surface area contributed by atoms with Crippen LogP contribution in [0.2, 0.25) is 0 Å². The lowest BCUT2D eigenvalue weighted by Crippen LogP contribution is -2.47. The van der Waals surface area contributed by atoms with Crippen molar-refractivity contribution in [3.8, 4) is 5.75 Å². The summed E-state index contributed by atoms with van der Waals surface area (Å²) in [5.74, 6) is -1.26. The fourth-order valence-corrected chi connectivity index (χ4v) is 3.59. The molecule has 1 aliphatic rings. The zero-order valence-corrected chi connectivity index (χ0v) is 17.7. The molecule has 0 aliphatic heterocycles. The molecule has 170 valence electrons. The van der Waals surface area contributed by atoms with E-state index in [2.05, 4.69) is 10.3 Å². The van der Waals surface area contributed by atoms with E-state index in [1.54, 1.807) is 0 Å². The molecule has 2 N–H and O–H groups in total. The summed E-state index contributed by atoms with van der Waals surface area (Å²) in [6.07, 6.45) is -4.85. The van der Waals surface area contributed by atoms with Crippen LogP contribution in [0.1, 0.15) is 61.0 Å². The Bertz CT molecular complexity index is 1200. The maximum atomic E-state index is 14.6. The van der Waals surface area contributed by atoms with Crippen LogP contribution >= 0.6 is 0 Å². The highest BCUT2D eigenvalue weighted by molar-refractivity contribution is 5.97. The SMILES string of the molecule is CC(C)(C)c1cc(F)c(Cc2nc3cc(C(=O)NC4(C(F)(F)F)CC4)ccc3o2)cc1O. The van der Waals surface area contributed by atoms with Gasteiger partial charge in [-0.25, -0.2) is 9.37 Å². The van der Waals surface area contributed by atoms with Gasteiger partial charge in [-0.3, -0.25) is 4.79 Å². The maximum Gasteiger partial charge on any atom is 0.411 e. The Hall–Kier alpha value is -3.10. The van der Waals surface area contributed by atoms with Crippen molar-refractivity contribution >= 4 is 17.0 Å². The van der Waals surface area contributed by atoms with E-state index >= 15 is 0 Å². The predicted octanol–water partition coefficient (Wildman–Crippen LogP) is 5.39. The highest BCUT2D eigenvalue weighted by Gasteiger charge is 2.64. The zero-order chi connectivity index (χ0) is 23.5. The van der Waals surface area contributed by atoms with E-state index in [1.807, 2.05) is 20.8 Å². The van der Waals surface area contributed by atoms with Gasteiger partial charge >= 0.3 is 6.18 Å². The number of hydrogen-bond donors (Lipinski definition) is 2. The summed E-state index contributed by atoms with van der Waals surface area (Å²) in [4.78, 5) is 16.6. The highest BCUT2D eigenvalue weighted by atomic mass is 19.4. The molecule has 0 spiro atoms. The van der Waals surface area contributed by atoms with Crippen LogP contribution in [0.15, 0.2) is 34.7 Å². The number of amides is 1. The highest BCUT2D eigenvalue weighted by Crippen LogP contribution is 2.49. The molecule has 1 amide bonds. The van der Waals surface area contributed by atoms with Gasteiger partial charge in [0.1, 0.15) is 22.6 Å². The molecule has 1 aliphatic carbocycles. The van der Waals surface area contributed by atoms with Gasteiger partial charge in [0.2, 0.25) is 0 Å². The first kappa shape index (κ1) is 22.1. The van der Waals surface area contributed by atoms with Gasteiger partial charge in [0.05, 0.1) is 6.42 Å². The summed E-state index contributed by atoms with van der Waals surface area (Å²) in [5.41, 5.74) is -1.35. The first-order chi connectivity index (χ1) is 14.8. The number of oxazole rings is 1. The number of carbonyl (C=O) groups excluding carboxylic acids is 1. The topological polar surface area (TPSA) is 75.4 Å². The molecule has 0 unspecified atom stereocenters. The fourth-order valence-electron chi connectivity index (χ4n) is 3.59. The molecule has 0 radical (unpaired) electrons. The monoisotopic (exact) mass is 450 g/mol. The largest absolute Gasteiger partial charge is 0.508 e. The lowest BCUT2D eigenvalue weighted by atomic mass is 9.85. The molecule has 0 bridgehead atoms. The molecule has 32 heavy (non-hydrogen) atoms. The molecule has 3 aromatic rings. The van der Waals surface area contributed by atoms with Crippen molar-refractivity contribution in [2.75, 3.05) is 0 Å². The molecule has 0 saturated heterocycles. The van der Waals surface area contributed by atoms with Gasteiger partial charge in [-0.05, 0) is 48.6 Å². The summed E-state index contributed by atoms with van der Waals surface area (Å²) < 4.78 is 59.5. The van der Waals surface area contributed by atoms with Crippen LogP contribution in [-0.4, -0.2) is 27.7 Å². The Labute approximate surface area is 181 Å². The third-order valence-electron chi connectivity index (χ3n) is 5.65. The molecule has 1 heterocycles. The van der Waals surface area contributed by atoms with Gasteiger partial charge in [-0.2, -0.15) is 13.2 Å². The van der Waals surface area contributed by atoms with Crippen molar-refractivity contribution in [2.24, 2.45) is 0 Å². The van der Waals surface area contributed by atoms with Crippen LogP contribution in [0, 0.1) is 5.82 Å². The number of halogens is 4. The Balaban J connectivity index is 1.56. The Kier molecular flexibility index (Phi) is 4.98. The third-order valence-corrected chi connectivity index (χ3v) is 5.65. The third kappa shape index (κ3) is 4.03. The van der Waals surface area contributed by atoms with Gasteiger partial charge in [0.15, 0.2) is 11.5 Å². The second kappa shape index (κ2) is 7.21. The van der Waals surface area contributed by atoms with Crippen LogP contribution in [0.25, 0.3) is 11.1 Å². The van der Waals surface area contributed by atoms with E-state index in [0.717, 1.165) is 0 Å². The number of aromatic nitrogens is 1. The normalized spacial score (nSPS) is 15.7. The molecule has 1 fully saturated rings. The van der Waals surface area contributed by atoms with Crippen molar-refractivity contribution in [2.45, 2.75) is 57.2 Å². The number of carbonyl (C=O) groups is 1. The Morgan fingerprint density at radius 2 is 1.88 bits per heavy atom. The first-order valence-electron chi connectivity index (χ1n) is 10.1. The van der Waals surface area contributed by atoms with Crippen LogP contribution in [-0.2, 0) is 11.8 Å². The van der Waals surface area contributed by atoms with E-state index in [0.29, 0.717) is 11.1 Å². The molecule has 5 nitrogen and oxygen atoms in total. The molecule has 1 aromatic heterocycles. The molecular weight excluding hydrogens is 428 g/mol. The number of benzene rings is 2. The Morgan fingerprint density at radius 3 is 2.47 bits per heavy atom. The minimum atomic E-state index is -4.51. The van der Waals surface area contributed by atoms with E-state index in [-0.39, 0.29) is 47.5 Å².